The number of nitrogens with zero attached hydrogens (tertiary/aromatic N) is 1. The molecule has 1 unspecified atom stereocenters. The maximum atomic E-state index is 13.6. The number of allylic oxidation sites excluding steroid dienone is 2. The van der Waals surface area contributed by atoms with Gasteiger partial charge in [-0.3, -0.25) is 4.79 Å². The van der Waals surface area contributed by atoms with Crippen LogP contribution in [0.2, 0.25) is 0 Å². The lowest BCUT2D eigenvalue weighted by Crippen LogP contribution is -2.56. The fourth-order valence-corrected chi connectivity index (χ4v) is 7.28. The molecule has 2 aromatic rings. The molecule has 2 atom stereocenters. The number of carbonyl (C=O) groups is 2. The average Bonchev–Trinajstić information content (AvgIpc) is 2.97. The van der Waals surface area contributed by atoms with E-state index in [0.29, 0.717) is 38.1 Å². The number of carboxylic acids is 1. The molecule has 0 aromatic heterocycles. The normalized spacial score (nSPS) is 25.3. The minimum atomic E-state index is -3.71. The lowest BCUT2D eigenvalue weighted by atomic mass is 9.84. The minimum Gasteiger partial charge on any atom is -0.478 e. The molecule has 1 saturated heterocycles. The molecule has 3 aliphatic rings. The number of carbonyl (C=O) groups excluding carboxylic acids is 1. The summed E-state index contributed by atoms with van der Waals surface area (Å²) in [5.74, 6) is -0.412. The number of sulfonamides is 1. The van der Waals surface area contributed by atoms with E-state index in [-0.39, 0.29) is 34.4 Å². The van der Waals surface area contributed by atoms with Crippen molar-refractivity contribution >= 4 is 21.9 Å². The number of carboxylic acid groups (broad SMARTS) is 1. The number of nitrogens with one attached hydrogen (secondary N) is 2. The van der Waals surface area contributed by atoms with Gasteiger partial charge in [-0.25, -0.2) is 17.9 Å². The predicted molar refractivity (Wildman–Crippen MR) is 154 cm³/mol. The van der Waals surface area contributed by atoms with Crippen LogP contribution in [-0.2, 0) is 14.8 Å². The van der Waals surface area contributed by atoms with E-state index in [1.807, 2.05) is 4.90 Å². The molecule has 0 spiro atoms. The molecule has 1 saturated carbocycles. The van der Waals surface area contributed by atoms with Crippen molar-refractivity contribution in [3.05, 3.63) is 77.9 Å². The summed E-state index contributed by atoms with van der Waals surface area (Å²) in [6.45, 7) is 4.44. The van der Waals surface area contributed by atoms with Crippen LogP contribution in [-0.4, -0.2) is 62.0 Å². The molecule has 1 aliphatic heterocycles. The van der Waals surface area contributed by atoms with Gasteiger partial charge in [-0.05, 0) is 79.0 Å². The number of hydrogen-bond donors (Lipinski definition) is 3. The number of hydrogen-bond acceptors (Lipinski definition) is 5. The largest absolute Gasteiger partial charge is 0.478 e. The van der Waals surface area contributed by atoms with Gasteiger partial charge in [0.1, 0.15) is 0 Å². The van der Waals surface area contributed by atoms with Crippen LogP contribution in [0.3, 0.4) is 0 Å². The molecule has 8 nitrogen and oxygen atoms in total. The van der Waals surface area contributed by atoms with E-state index in [9.17, 15) is 18.0 Å². The van der Waals surface area contributed by atoms with Gasteiger partial charge < -0.3 is 15.3 Å². The van der Waals surface area contributed by atoms with Gasteiger partial charge in [-0.2, -0.15) is 0 Å². The second kappa shape index (κ2) is 12.1. The Morgan fingerprint density at radius 3 is 2.25 bits per heavy atom. The number of rotatable bonds is 7. The Balaban J connectivity index is 1.18. The Morgan fingerprint density at radius 2 is 1.62 bits per heavy atom. The van der Waals surface area contributed by atoms with Gasteiger partial charge in [0.15, 0.2) is 0 Å². The van der Waals surface area contributed by atoms with Crippen LogP contribution < -0.4 is 10.0 Å². The van der Waals surface area contributed by atoms with E-state index < -0.39 is 16.0 Å². The monoisotopic (exact) mass is 563 g/mol. The van der Waals surface area contributed by atoms with E-state index in [0.717, 1.165) is 30.6 Å². The van der Waals surface area contributed by atoms with Gasteiger partial charge in [0.05, 0.1) is 16.5 Å². The highest BCUT2D eigenvalue weighted by molar-refractivity contribution is 7.89. The third kappa shape index (κ3) is 6.37. The number of aromatic carboxylic acids is 1. The zero-order chi connectivity index (χ0) is 28.3. The zero-order valence-corrected chi connectivity index (χ0v) is 23.6. The molecule has 1 amide bonds. The van der Waals surface area contributed by atoms with Gasteiger partial charge in [0.25, 0.3) is 0 Å². The molecular weight excluding hydrogens is 526 g/mol. The topological polar surface area (TPSA) is 116 Å². The van der Waals surface area contributed by atoms with E-state index in [4.69, 9.17) is 5.11 Å². The molecule has 5 rings (SSSR count). The van der Waals surface area contributed by atoms with Crippen molar-refractivity contribution in [2.24, 2.45) is 11.8 Å². The van der Waals surface area contributed by atoms with Crippen molar-refractivity contribution < 1.29 is 23.1 Å². The van der Waals surface area contributed by atoms with Crippen LogP contribution >= 0.6 is 0 Å². The molecule has 2 aromatic carbocycles. The Morgan fingerprint density at radius 1 is 0.975 bits per heavy atom. The summed E-state index contributed by atoms with van der Waals surface area (Å²) in [4.78, 5) is 26.9. The fraction of sp³-hybridized carbons (Fsp3) is 0.419. The summed E-state index contributed by atoms with van der Waals surface area (Å²) in [5, 5.41) is 12.5. The standard InChI is InChI=1S/C31H37N3O5S/c1-21-3-2-4-26(19-21)29-20-32-17-18-34(29)30(35)24-9-13-27(14-10-24)33-40(38,39)28-15-11-23(12-16-28)22-5-7-25(8-6-22)31(36)37/h2,4-8,11-12,15-16,19,21,24,27,29,32-33H,3,9-10,13-14,17-18,20H2,1H3,(H,36,37)/t21?,24?,27?,29-/m1/s1. The number of amides is 1. The molecule has 2 aliphatic carbocycles. The van der Waals surface area contributed by atoms with Crippen LogP contribution in [0.5, 0.6) is 0 Å². The Labute approximate surface area is 236 Å². The second-order valence-electron chi connectivity index (χ2n) is 11.1. The van der Waals surface area contributed by atoms with Crippen molar-refractivity contribution in [1.29, 1.82) is 0 Å². The molecule has 1 heterocycles. The number of piperazine rings is 1. The Bertz CT molecular complexity index is 1390. The van der Waals surface area contributed by atoms with Gasteiger partial charge in [-0.15, -0.1) is 0 Å². The first-order valence-electron chi connectivity index (χ1n) is 14.1. The molecule has 3 N–H and O–H groups in total. The van der Waals surface area contributed by atoms with Crippen molar-refractivity contribution in [2.75, 3.05) is 19.6 Å². The summed E-state index contributed by atoms with van der Waals surface area (Å²) in [6, 6.07) is 12.9. The Kier molecular flexibility index (Phi) is 8.54. The van der Waals surface area contributed by atoms with Gasteiger partial charge in [0.2, 0.25) is 15.9 Å². The smallest absolute Gasteiger partial charge is 0.335 e. The van der Waals surface area contributed by atoms with Crippen molar-refractivity contribution in [2.45, 2.75) is 56.0 Å². The SMILES string of the molecule is CC1C=C([C@H]2CNCCN2C(=O)C2CCC(NS(=O)(=O)c3ccc(-c4ccc(C(=O)O)cc4)cc3)CC2)C=CC1. The van der Waals surface area contributed by atoms with Crippen LogP contribution in [0.4, 0.5) is 0 Å². The average molecular weight is 564 g/mol. The molecule has 0 radical (unpaired) electrons. The quantitative estimate of drug-likeness (QED) is 0.465. The third-order valence-electron chi connectivity index (χ3n) is 8.23. The van der Waals surface area contributed by atoms with Gasteiger partial charge >= 0.3 is 5.97 Å². The summed E-state index contributed by atoms with van der Waals surface area (Å²) >= 11 is 0. The molecule has 40 heavy (non-hydrogen) atoms. The highest BCUT2D eigenvalue weighted by Gasteiger charge is 2.36. The van der Waals surface area contributed by atoms with Crippen LogP contribution in [0, 0.1) is 11.8 Å². The summed E-state index contributed by atoms with van der Waals surface area (Å²) in [7, 11) is -3.71. The molecule has 0 bridgehead atoms. The zero-order valence-electron chi connectivity index (χ0n) is 22.8. The molecular formula is C31H37N3O5S. The number of benzene rings is 2. The first-order chi connectivity index (χ1) is 19.2. The first kappa shape index (κ1) is 28.3. The molecule has 212 valence electrons. The van der Waals surface area contributed by atoms with Gasteiger partial charge in [0, 0.05) is 31.6 Å². The molecule has 9 heteroatoms. The van der Waals surface area contributed by atoms with Gasteiger partial charge in [-0.1, -0.05) is 49.4 Å². The van der Waals surface area contributed by atoms with E-state index in [1.165, 1.54) is 17.7 Å². The van der Waals surface area contributed by atoms with E-state index >= 15 is 0 Å². The van der Waals surface area contributed by atoms with Crippen LogP contribution in [0.1, 0.15) is 49.4 Å². The van der Waals surface area contributed by atoms with Crippen LogP contribution in [0.15, 0.2) is 77.2 Å². The second-order valence-corrected chi connectivity index (χ2v) is 12.8. The van der Waals surface area contributed by atoms with E-state index in [1.54, 1.807) is 36.4 Å². The maximum Gasteiger partial charge on any atom is 0.335 e. The fourth-order valence-electron chi connectivity index (χ4n) is 5.97. The predicted octanol–water partition coefficient (Wildman–Crippen LogP) is 4.21. The summed E-state index contributed by atoms with van der Waals surface area (Å²) in [6.07, 6.45) is 10.2. The maximum absolute atomic E-state index is 13.6. The summed E-state index contributed by atoms with van der Waals surface area (Å²) in [5.41, 5.74) is 3.02. The lowest BCUT2D eigenvalue weighted by Gasteiger charge is -2.41. The van der Waals surface area contributed by atoms with Crippen molar-refractivity contribution in [1.82, 2.24) is 14.9 Å². The van der Waals surface area contributed by atoms with E-state index in [2.05, 4.69) is 35.2 Å². The minimum absolute atomic E-state index is 0.0505. The van der Waals surface area contributed by atoms with Crippen LogP contribution in [0.25, 0.3) is 11.1 Å². The Hall–Kier alpha value is -3.27. The summed E-state index contributed by atoms with van der Waals surface area (Å²) < 4.78 is 29.1. The third-order valence-corrected chi connectivity index (χ3v) is 9.77. The highest BCUT2D eigenvalue weighted by Crippen LogP contribution is 2.30. The van der Waals surface area contributed by atoms with Crippen molar-refractivity contribution in [3.63, 3.8) is 0 Å². The lowest BCUT2D eigenvalue weighted by molar-refractivity contribution is -0.139. The highest BCUT2D eigenvalue weighted by atomic mass is 32.2. The molecule has 2 fully saturated rings. The first-order valence-corrected chi connectivity index (χ1v) is 15.5. The van der Waals surface area contributed by atoms with Crippen molar-refractivity contribution in [3.8, 4) is 11.1 Å².